The number of amides is 1. The summed E-state index contributed by atoms with van der Waals surface area (Å²) in [6.45, 7) is 0.0407. The molecule has 1 atom stereocenters. The fourth-order valence-corrected chi connectivity index (χ4v) is 2.66. The summed E-state index contributed by atoms with van der Waals surface area (Å²) >= 11 is 0. The zero-order chi connectivity index (χ0) is 17.8. The predicted molar refractivity (Wildman–Crippen MR) is 93.1 cm³/mol. The number of nitro groups is 1. The van der Waals surface area contributed by atoms with Gasteiger partial charge in [-0.15, -0.1) is 0 Å². The molecule has 0 radical (unpaired) electrons. The lowest BCUT2D eigenvalue weighted by Gasteiger charge is -2.12. The number of H-pyrrole nitrogens is 1. The van der Waals surface area contributed by atoms with Gasteiger partial charge >= 0.3 is 0 Å². The molecular weight excluding hydrogens is 322 g/mol. The van der Waals surface area contributed by atoms with Crippen LogP contribution in [-0.2, 0) is 11.2 Å². The van der Waals surface area contributed by atoms with E-state index < -0.39 is 11.0 Å². The number of carbonyl (C=O) groups excluding carboxylic acids is 1. The smallest absolute Gasteiger partial charge is 0.269 e. The summed E-state index contributed by atoms with van der Waals surface area (Å²) < 4.78 is 0. The van der Waals surface area contributed by atoms with E-state index in [4.69, 9.17) is 0 Å². The first-order chi connectivity index (χ1) is 12.0. The zero-order valence-electron chi connectivity index (χ0n) is 13.3. The van der Waals surface area contributed by atoms with Crippen molar-refractivity contribution in [1.82, 2.24) is 10.3 Å². The van der Waals surface area contributed by atoms with Gasteiger partial charge in [0, 0.05) is 35.8 Å². The molecule has 0 aliphatic heterocycles. The molecule has 7 heteroatoms. The molecule has 0 aliphatic rings. The Balaban J connectivity index is 1.57. The summed E-state index contributed by atoms with van der Waals surface area (Å²) in [5.74, 6) is -0.203. The van der Waals surface area contributed by atoms with Crippen molar-refractivity contribution in [3.05, 3.63) is 76.0 Å². The fourth-order valence-electron chi connectivity index (χ4n) is 2.66. The number of hydrogen-bond acceptors (Lipinski definition) is 4. The normalized spacial score (nSPS) is 12.0. The van der Waals surface area contributed by atoms with E-state index in [0.29, 0.717) is 5.56 Å². The lowest BCUT2D eigenvalue weighted by atomic mass is 10.1. The molecule has 3 N–H and O–H groups in total. The minimum atomic E-state index is -0.923. The third-order valence-electron chi connectivity index (χ3n) is 4.01. The molecule has 0 saturated heterocycles. The molecule has 0 aliphatic carbocycles. The predicted octanol–water partition coefficient (Wildman–Crippen LogP) is 2.47. The van der Waals surface area contributed by atoms with Gasteiger partial charge in [-0.25, -0.2) is 0 Å². The molecule has 128 valence electrons. The van der Waals surface area contributed by atoms with Crippen LogP contribution in [0.1, 0.15) is 17.2 Å². The molecule has 7 nitrogen and oxygen atoms in total. The highest BCUT2D eigenvalue weighted by Gasteiger charge is 2.13. The molecule has 0 bridgehead atoms. The second-order valence-corrected chi connectivity index (χ2v) is 5.70. The first-order valence-corrected chi connectivity index (χ1v) is 7.78. The molecule has 25 heavy (non-hydrogen) atoms. The Labute approximate surface area is 143 Å². The van der Waals surface area contributed by atoms with E-state index >= 15 is 0 Å². The van der Waals surface area contributed by atoms with Crippen LogP contribution in [0.15, 0.2) is 54.7 Å². The number of carbonyl (C=O) groups is 1. The fraction of sp³-hybridized carbons (Fsp3) is 0.167. The standard InChI is InChI=1S/C18H17N3O4/c22-17(12-5-7-14(8-6-12)21(24)25)11-20-18(23)9-13-10-19-16-4-2-1-3-15(13)16/h1-8,10,17,19,22H,9,11H2,(H,20,23). The quantitative estimate of drug-likeness (QED) is 0.473. The number of nitrogens with zero attached hydrogens (tertiary/aromatic N) is 1. The molecule has 1 aromatic heterocycles. The number of rotatable bonds is 6. The highest BCUT2D eigenvalue weighted by molar-refractivity contribution is 5.88. The Morgan fingerprint density at radius 3 is 2.64 bits per heavy atom. The highest BCUT2D eigenvalue weighted by Crippen LogP contribution is 2.19. The minimum absolute atomic E-state index is 0.0407. The van der Waals surface area contributed by atoms with Crippen LogP contribution in [0.2, 0.25) is 0 Å². The van der Waals surface area contributed by atoms with Crippen LogP contribution in [0.4, 0.5) is 5.69 Å². The maximum atomic E-state index is 12.1. The van der Waals surface area contributed by atoms with Crippen LogP contribution in [-0.4, -0.2) is 27.5 Å². The molecule has 3 aromatic rings. The topological polar surface area (TPSA) is 108 Å². The number of aliphatic hydroxyl groups is 1. The summed E-state index contributed by atoms with van der Waals surface area (Å²) in [5, 5.41) is 24.4. The number of fused-ring (bicyclic) bond motifs is 1. The Morgan fingerprint density at radius 1 is 1.20 bits per heavy atom. The van der Waals surface area contributed by atoms with Crippen LogP contribution < -0.4 is 5.32 Å². The zero-order valence-corrected chi connectivity index (χ0v) is 13.3. The first-order valence-electron chi connectivity index (χ1n) is 7.78. The summed E-state index contributed by atoms with van der Waals surface area (Å²) in [4.78, 5) is 25.3. The highest BCUT2D eigenvalue weighted by atomic mass is 16.6. The molecular formula is C18H17N3O4. The van der Waals surface area contributed by atoms with Crippen LogP contribution >= 0.6 is 0 Å². The Morgan fingerprint density at radius 2 is 1.92 bits per heavy atom. The molecule has 0 spiro atoms. The van der Waals surface area contributed by atoms with Gasteiger partial charge < -0.3 is 15.4 Å². The molecule has 0 fully saturated rings. The number of aliphatic hydroxyl groups excluding tert-OH is 1. The Hall–Kier alpha value is -3.19. The molecule has 2 aromatic carbocycles. The largest absolute Gasteiger partial charge is 0.387 e. The van der Waals surface area contributed by atoms with Crippen molar-refractivity contribution < 1.29 is 14.8 Å². The number of nitrogens with one attached hydrogen (secondary N) is 2. The Kier molecular flexibility index (Phi) is 4.76. The molecule has 1 unspecified atom stereocenters. The number of hydrogen-bond donors (Lipinski definition) is 3. The number of aromatic amines is 1. The number of non-ortho nitro benzene ring substituents is 1. The molecule has 3 rings (SSSR count). The lowest BCUT2D eigenvalue weighted by Crippen LogP contribution is -2.29. The average Bonchev–Trinajstić information content (AvgIpc) is 3.03. The summed E-state index contributed by atoms with van der Waals surface area (Å²) in [6, 6.07) is 13.3. The lowest BCUT2D eigenvalue weighted by molar-refractivity contribution is -0.384. The first kappa shape index (κ1) is 16.7. The third kappa shape index (κ3) is 3.84. The van der Waals surface area contributed by atoms with Crippen molar-refractivity contribution in [2.24, 2.45) is 0 Å². The van der Waals surface area contributed by atoms with Gasteiger partial charge in [-0.05, 0) is 29.3 Å². The van der Waals surface area contributed by atoms with Gasteiger partial charge in [-0.3, -0.25) is 14.9 Å². The molecule has 0 saturated carbocycles. The van der Waals surface area contributed by atoms with Gasteiger partial charge in [0.15, 0.2) is 0 Å². The van der Waals surface area contributed by atoms with E-state index in [2.05, 4.69) is 10.3 Å². The average molecular weight is 339 g/mol. The number of para-hydroxylation sites is 1. The van der Waals surface area contributed by atoms with E-state index in [1.54, 1.807) is 6.20 Å². The Bertz CT molecular complexity index is 902. The van der Waals surface area contributed by atoms with Crippen molar-refractivity contribution in [1.29, 1.82) is 0 Å². The van der Waals surface area contributed by atoms with E-state index in [1.165, 1.54) is 24.3 Å². The van der Waals surface area contributed by atoms with Crippen LogP contribution in [0.5, 0.6) is 0 Å². The minimum Gasteiger partial charge on any atom is -0.387 e. The molecule has 1 amide bonds. The monoisotopic (exact) mass is 339 g/mol. The van der Waals surface area contributed by atoms with Crippen molar-refractivity contribution in [3.8, 4) is 0 Å². The van der Waals surface area contributed by atoms with E-state index in [1.807, 2.05) is 24.3 Å². The van der Waals surface area contributed by atoms with Crippen LogP contribution in [0, 0.1) is 10.1 Å². The van der Waals surface area contributed by atoms with Gasteiger partial charge in [0.2, 0.25) is 5.91 Å². The van der Waals surface area contributed by atoms with Crippen LogP contribution in [0.25, 0.3) is 10.9 Å². The van der Waals surface area contributed by atoms with E-state index in [9.17, 15) is 20.0 Å². The van der Waals surface area contributed by atoms with Gasteiger partial charge in [-0.1, -0.05) is 18.2 Å². The van der Waals surface area contributed by atoms with Crippen molar-refractivity contribution in [3.63, 3.8) is 0 Å². The molecule has 1 heterocycles. The van der Waals surface area contributed by atoms with Gasteiger partial charge in [-0.2, -0.15) is 0 Å². The second-order valence-electron chi connectivity index (χ2n) is 5.70. The summed E-state index contributed by atoms with van der Waals surface area (Å²) in [7, 11) is 0. The SMILES string of the molecule is O=C(Cc1c[nH]c2ccccc12)NCC(O)c1ccc([N+](=O)[O-])cc1. The van der Waals surface area contributed by atoms with Gasteiger partial charge in [0.05, 0.1) is 17.4 Å². The third-order valence-corrected chi connectivity index (χ3v) is 4.01. The van der Waals surface area contributed by atoms with Gasteiger partial charge in [0.1, 0.15) is 0 Å². The van der Waals surface area contributed by atoms with Crippen molar-refractivity contribution >= 4 is 22.5 Å². The summed E-state index contributed by atoms with van der Waals surface area (Å²) in [5.41, 5.74) is 2.33. The van der Waals surface area contributed by atoms with E-state index in [0.717, 1.165) is 16.5 Å². The van der Waals surface area contributed by atoms with Crippen molar-refractivity contribution in [2.75, 3.05) is 6.54 Å². The van der Waals surface area contributed by atoms with Crippen LogP contribution in [0.3, 0.4) is 0 Å². The number of nitro benzene ring substituents is 1. The number of aromatic nitrogens is 1. The maximum Gasteiger partial charge on any atom is 0.269 e. The summed E-state index contributed by atoms with van der Waals surface area (Å²) in [6.07, 6.45) is 1.08. The number of benzene rings is 2. The van der Waals surface area contributed by atoms with Gasteiger partial charge in [0.25, 0.3) is 5.69 Å². The van der Waals surface area contributed by atoms with E-state index in [-0.39, 0.29) is 24.6 Å². The second kappa shape index (κ2) is 7.14. The maximum absolute atomic E-state index is 12.1. The van der Waals surface area contributed by atoms with Crippen molar-refractivity contribution in [2.45, 2.75) is 12.5 Å².